The zero-order valence-electron chi connectivity index (χ0n) is 8.36. The third-order valence-electron chi connectivity index (χ3n) is 2.49. The fourth-order valence-corrected chi connectivity index (χ4v) is 1.64. The van der Waals surface area contributed by atoms with E-state index in [0.29, 0.717) is 11.3 Å². The Hall–Kier alpha value is -1.84. The van der Waals surface area contributed by atoms with Crippen molar-refractivity contribution in [2.45, 2.75) is 19.8 Å². The average Bonchev–Trinajstić information content (AvgIpc) is 2.52. The number of rotatable bonds is 1. The predicted octanol–water partition coefficient (Wildman–Crippen LogP) is 1.35. The summed E-state index contributed by atoms with van der Waals surface area (Å²) in [6, 6.07) is 4.70. The number of hydrogen-bond donors (Lipinski definition) is 1. The number of aromatic hydroxyl groups is 1. The van der Waals surface area contributed by atoms with Gasteiger partial charge in [-0.05, 0) is 30.7 Å². The molecule has 1 aliphatic rings. The number of hydrogen-bond acceptors (Lipinski definition) is 3. The molecule has 1 aromatic carbocycles. The number of carbonyl (C=O) groups excluding carboxylic acids is 2. The van der Waals surface area contributed by atoms with Crippen LogP contribution < -0.4 is 4.90 Å². The highest BCUT2D eigenvalue weighted by atomic mass is 16.3. The zero-order chi connectivity index (χ0) is 11.0. The molecule has 0 bridgehead atoms. The molecule has 0 atom stereocenters. The van der Waals surface area contributed by atoms with Gasteiger partial charge >= 0.3 is 0 Å². The van der Waals surface area contributed by atoms with Gasteiger partial charge in [0.05, 0.1) is 5.69 Å². The third kappa shape index (κ3) is 1.58. The Balaban J connectivity index is 2.41. The zero-order valence-corrected chi connectivity index (χ0v) is 8.36. The largest absolute Gasteiger partial charge is 0.508 e. The summed E-state index contributed by atoms with van der Waals surface area (Å²) in [7, 11) is 0. The molecule has 0 radical (unpaired) electrons. The summed E-state index contributed by atoms with van der Waals surface area (Å²) in [6.07, 6.45) is 0.553. The lowest BCUT2D eigenvalue weighted by Crippen LogP contribution is -2.28. The van der Waals surface area contributed by atoms with Crippen LogP contribution in [-0.2, 0) is 9.59 Å². The van der Waals surface area contributed by atoms with E-state index in [0.717, 1.165) is 0 Å². The van der Waals surface area contributed by atoms with Crippen LogP contribution in [-0.4, -0.2) is 16.9 Å². The molecule has 4 nitrogen and oxygen atoms in total. The molecule has 0 unspecified atom stereocenters. The van der Waals surface area contributed by atoms with Gasteiger partial charge in [0.25, 0.3) is 0 Å². The van der Waals surface area contributed by atoms with E-state index < -0.39 is 0 Å². The molecule has 1 aliphatic heterocycles. The predicted molar refractivity (Wildman–Crippen MR) is 54.6 cm³/mol. The van der Waals surface area contributed by atoms with Crippen LogP contribution in [0.1, 0.15) is 18.4 Å². The van der Waals surface area contributed by atoms with Gasteiger partial charge in [0.15, 0.2) is 0 Å². The highest BCUT2D eigenvalue weighted by Crippen LogP contribution is 2.27. The Bertz CT molecular complexity index is 423. The lowest BCUT2D eigenvalue weighted by molar-refractivity contribution is -0.121. The van der Waals surface area contributed by atoms with Crippen molar-refractivity contribution >= 4 is 17.5 Å². The SMILES string of the molecule is Cc1cc(N2C(=O)CCC2=O)ccc1O. The first kappa shape index (κ1) is 9.71. The molecular formula is C11H11NO3. The van der Waals surface area contributed by atoms with Crippen LogP contribution in [0.2, 0.25) is 0 Å². The lowest BCUT2D eigenvalue weighted by Gasteiger charge is -2.14. The molecule has 78 valence electrons. The smallest absolute Gasteiger partial charge is 0.234 e. The van der Waals surface area contributed by atoms with Crippen LogP contribution in [0.4, 0.5) is 5.69 Å². The van der Waals surface area contributed by atoms with Crippen molar-refractivity contribution in [1.29, 1.82) is 0 Å². The van der Waals surface area contributed by atoms with Gasteiger partial charge in [0.1, 0.15) is 5.75 Å². The van der Waals surface area contributed by atoms with Crippen molar-refractivity contribution < 1.29 is 14.7 Å². The van der Waals surface area contributed by atoms with E-state index >= 15 is 0 Å². The van der Waals surface area contributed by atoms with Crippen LogP contribution in [0.15, 0.2) is 18.2 Å². The Kier molecular flexibility index (Phi) is 2.19. The van der Waals surface area contributed by atoms with Crippen molar-refractivity contribution in [3.63, 3.8) is 0 Å². The summed E-state index contributed by atoms with van der Waals surface area (Å²) in [5.74, 6) is -0.187. The molecule has 1 aromatic rings. The van der Waals surface area contributed by atoms with Crippen LogP contribution in [0.3, 0.4) is 0 Å². The number of phenols is 1. The van der Waals surface area contributed by atoms with E-state index in [2.05, 4.69) is 0 Å². The fraction of sp³-hybridized carbons (Fsp3) is 0.273. The monoisotopic (exact) mass is 205 g/mol. The molecular weight excluding hydrogens is 194 g/mol. The summed E-state index contributed by atoms with van der Waals surface area (Å²) in [6.45, 7) is 1.73. The number of amides is 2. The number of aryl methyl sites for hydroxylation is 1. The van der Waals surface area contributed by atoms with Gasteiger partial charge in [-0.2, -0.15) is 0 Å². The first-order valence-electron chi connectivity index (χ1n) is 4.75. The molecule has 2 amide bonds. The Morgan fingerprint density at radius 1 is 1.20 bits per heavy atom. The van der Waals surface area contributed by atoms with E-state index in [1.165, 1.54) is 11.0 Å². The van der Waals surface area contributed by atoms with Crippen LogP contribution in [0.5, 0.6) is 5.75 Å². The molecule has 0 saturated carbocycles. The Morgan fingerprint density at radius 2 is 1.80 bits per heavy atom. The summed E-state index contributed by atoms with van der Waals surface area (Å²) in [5, 5.41) is 9.33. The summed E-state index contributed by atoms with van der Waals surface area (Å²) in [5.41, 5.74) is 1.19. The van der Waals surface area contributed by atoms with Crippen molar-refractivity contribution in [3.8, 4) is 5.75 Å². The molecule has 0 aliphatic carbocycles. The van der Waals surface area contributed by atoms with Crippen LogP contribution in [0, 0.1) is 6.92 Å². The van der Waals surface area contributed by atoms with Crippen molar-refractivity contribution in [1.82, 2.24) is 0 Å². The van der Waals surface area contributed by atoms with Gasteiger partial charge in [-0.1, -0.05) is 0 Å². The second-order valence-corrected chi connectivity index (χ2v) is 3.59. The minimum absolute atomic E-state index is 0.165. The standard InChI is InChI=1S/C11H11NO3/c1-7-6-8(2-3-9(7)13)12-10(14)4-5-11(12)15/h2-3,6,13H,4-5H2,1H3. The number of nitrogens with zero attached hydrogens (tertiary/aromatic N) is 1. The molecule has 1 fully saturated rings. The summed E-state index contributed by atoms with van der Waals surface area (Å²) >= 11 is 0. The number of anilines is 1. The van der Waals surface area contributed by atoms with Crippen molar-refractivity contribution in [2.24, 2.45) is 0 Å². The molecule has 1 heterocycles. The van der Waals surface area contributed by atoms with Gasteiger partial charge in [0.2, 0.25) is 11.8 Å². The Morgan fingerprint density at radius 3 is 2.33 bits per heavy atom. The molecule has 0 aromatic heterocycles. The van der Waals surface area contributed by atoms with Crippen molar-refractivity contribution in [2.75, 3.05) is 4.90 Å². The van der Waals surface area contributed by atoms with Gasteiger partial charge < -0.3 is 5.11 Å². The maximum atomic E-state index is 11.4. The van der Waals surface area contributed by atoms with E-state index in [1.807, 2.05) is 0 Å². The van der Waals surface area contributed by atoms with Gasteiger partial charge in [-0.15, -0.1) is 0 Å². The fourth-order valence-electron chi connectivity index (χ4n) is 1.64. The molecule has 15 heavy (non-hydrogen) atoms. The second-order valence-electron chi connectivity index (χ2n) is 3.59. The minimum atomic E-state index is -0.176. The lowest BCUT2D eigenvalue weighted by atomic mass is 10.2. The topological polar surface area (TPSA) is 57.6 Å². The molecule has 0 spiro atoms. The molecule has 2 rings (SSSR count). The average molecular weight is 205 g/mol. The maximum absolute atomic E-state index is 11.4. The van der Waals surface area contributed by atoms with Crippen LogP contribution in [0.25, 0.3) is 0 Å². The summed E-state index contributed by atoms with van der Waals surface area (Å²) in [4.78, 5) is 24.0. The van der Waals surface area contributed by atoms with Crippen molar-refractivity contribution in [3.05, 3.63) is 23.8 Å². The number of carbonyl (C=O) groups is 2. The third-order valence-corrected chi connectivity index (χ3v) is 2.49. The van der Waals surface area contributed by atoms with E-state index in [9.17, 15) is 14.7 Å². The van der Waals surface area contributed by atoms with Crippen LogP contribution >= 0.6 is 0 Å². The first-order chi connectivity index (χ1) is 7.09. The van der Waals surface area contributed by atoms with Gasteiger partial charge in [-0.25, -0.2) is 0 Å². The highest BCUT2D eigenvalue weighted by Gasteiger charge is 2.30. The van der Waals surface area contributed by atoms with E-state index in [1.54, 1.807) is 19.1 Å². The van der Waals surface area contributed by atoms with E-state index in [4.69, 9.17) is 0 Å². The number of benzene rings is 1. The quantitative estimate of drug-likeness (QED) is 0.704. The normalized spacial score (nSPS) is 16.2. The number of imide groups is 1. The van der Waals surface area contributed by atoms with E-state index in [-0.39, 0.29) is 30.4 Å². The minimum Gasteiger partial charge on any atom is -0.508 e. The second kappa shape index (κ2) is 3.38. The first-order valence-corrected chi connectivity index (χ1v) is 4.75. The Labute approximate surface area is 87.1 Å². The molecule has 1 N–H and O–H groups in total. The highest BCUT2D eigenvalue weighted by molar-refractivity contribution is 6.19. The van der Waals surface area contributed by atoms with Gasteiger partial charge in [0, 0.05) is 12.8 Å². The maximum Gasteiger partial charge on any atom is 0.234 e. The summed E-state index contributed by atoms with van der Waals surface area (Å²) < 4.78 is 0. The number of phenolic OH excluding ortho intramolecular Hbond substituents is 1. The van der Waals surface area contributed by atoms with Gasteiger partial charge in [-0.3, -0.25) is 14.5 Å². The molecule has 1 saturated heterocycles. The molecule has 4 heteroatoms.